The Labute approximate surface area is 178 Å². The molecule has 0 saturated heterocycles. The molecule has 3 aliphatic carbocycles. The van der Waals surface area contributed by atoms with Crippen LogP contribution >= 0.6 is 11.6 Å². The van der Waals surface area contributed by atoms with E-state index in [-0.39, 0.29) is 47.0 Å². The highest BCUT2D eigenvalue weighted by Crippen LogP contribution is 2.52. The number of rotatable bonds is 6. The van der Waals surface area contributed by atoms with E-state index in [1.54, 1.807) is 0 Å². The smallest absolute Gasteiger partial charge is 0.268 e. The van der Waals surface area contributed by atoms with Crippen molar-refractivity contribution in [3.05, 3.63) is 29.0 Å². The van der Waals surface area contributed by atoms with Crippen LogP contribution in [0.2, 0.25) is 5.02 Å². The molecular weight excluding hydrogens is 416 g/mol. The first-order valence-corrected chi connectivity index (χ1v) is 10.5. The van der Waals surface area contributed by atoms with E-state index in [1.165, 1.54) is 12.1 Å². The van der Waals surface area contributed by atoms with E-state index in [0.717, 1.165) is 18.9 Å². The second-order valence-corrected chi connectivity index (χ2v) is 8.96. The Bertz CT molecular complexity index is 888. The second-order valence-electron chi connectivity index (χ2n) is 8.55. The second kappa shape index (κ2) is 8.13. The number of fused-ring (bicyclic) bond motifs is 1. The van der Waals surface area contributed by atoms with Gasteiger partial charge in [0.15, 0.2) is 6.61 Å². The molecule has 0 spiro atoms. The quantitative estimate of drug-likeness (QED) is 0.715. The van der Waals surface area contributed by atoms with Gasteiger partial charge in [0.05, 0.1) is 5.02 Å². The Kier molecular flexibility index (Phi) is 5.70. The molecule has 5 rings (SSSR count). The lowest BCUT2D eigenvalue weighted by Crippen LogP contribution is -2.55. The summed E-state index contributed by atoms with van der Waals surface area (Å²) in [6.07, 6.45) is 1.72. The maximum absolute atomic E-state index is 14.1. The summed E-state index contributed by atoms with van der Waals surface area (Å²) in [5.41, 5.74) is -0.425. The van der Waals surface area contributed by atoms with Crippen molar-refractivity contribution >= 4 is 29.1 Å². The summed E-state index contributed by atoms with van der Waals surface area (Å²) in [4.78, 5) is 29.0. The van der Waals surface area contributed by atoms with Gasteiger partial charge in [-0.15, -0.1) is 0 Å². The van der Waals surface area contributed by atoms with Crippen LogP contribution in [0.1, 0.15) is 39.0 Å². The van der Waals surface area contributed by atoms with Crippen molar-refractivity contribution in [3.8, 4) is 5.75 Å². The van der Waals surface area contributed by atoms with Crippen molar-refractivity contribution < 1.29 is 23.1 Å². The minimum Gasteiger partial charge on any atom is -0.484 e. The van der Waals surface area contributed by atoms with Gasteiger partial charge in [-0.25, -0.2) is 8.78 Å². The molecule has 162 valence electrons. The first-order chi connectivity index (χ1) is 14.2. The lowest BCUT2D eigenvalue weighted by molar-refractivity contribution is -0.124. The molecule has 3 atom stereocenters. The van der Waals surface area contributed by atoms with Gasteiger partial charge in [0.1, 0.15) is 23.5 Å². The Morgan fingerprint density at radius 1 is 1.30 bits per heavy atom. The standard InChI is InChI=1S/C21H24ClF2N3O3/c1-11-2-5-15(23)19(25-11)20(29)27-21-7-12(8-21)17(9-21)26-18(28)10-30-13-3-4-14(22)16(24)6-13/h3-4,6,11-12,15,17H,2,5,7-10H2,1H3,(H,26,28)(H,27,29). The van der Waals surface area contributed by atoms with E-state index in [9.17, 15) is 18.4 Å². The molecule has 6 nitrogen and oxygen atoms in total. The van der Waals surface area contributed by atoms with E-state index in [1.807, 2.05) is 6.92 Å². The normalized spacial score (nSPS) is 32.1. The molecule has 1 aromatic rings. The maximum Gasteiger partial charge on any atom is 0.268 e. The van der Waals surface area contributed by atoms with Gasteiger partial charge < -0.3 is 15.4 Å². The third kappa shape index (κ3) is 4.29. The van der Waals surface area contributed by atoms with Crippen molar-refractivity contribution in [1.82, 2.24) is 10.6 Å². The number of halogens is 3. The molecule has 0 aromatic heterocycles. The predicted molar refractivity (Wildman–Crippen MR) is 108 cm³/mol. The first kappa shape index (κ1) is 21.0. The number of nitrogens with one attached hydrogen (secondary N) is 2. The van der Waals surface area contributed by atoms with Crippen LogP contribution in [-0.2, 0) is 9.59 Å². The van der Waals surface area contributed by atoms with Crippen LogP contribution in [0.15, 0.2) is 23.2 Å². The van der Waals surface area contributed by atoms with Crippen LogP contribution in [0.25, 0.3) is 0 Å². The van der Waals surface area contributed by atoms with Gasteiger partial charge in [0, 0.05) is 23.7 Å². The molecule has 9 heteroatoms. The van der Waals surface area contributed by atoms with Crippen LogP contribution in [0, 0.1) is 11.7 Å². The van der Waals surface area contributed by atoms with E-state index in [2.05, 4.69) is 15.6 Å². The number of alkyl halides is 1. The molecule has 1 heterocycles. The van der Waals surface area contributed by atoms with Crippen LogP contribution in [0.3, 0.4) is 0 Å². The topological polar surface area (TPSA) is 79.8 Å². The van der Waals surface area contributed by atoms with Gasteiger partial charge in [-0.05, 0) is 57.1 Å². The number of ether oxygens (including phenoxy) is 1. The Hall–Kier alpha value is -2.22. The maximum atomic E-state index is 14.1. The Morgan fingerprint density at radius 3 is 2.80 bits per heavy atom. The first-order valence-electron chi connectivity index (χ1n) is 10.2. The number of hydrogen-bond donors (Lipinski definition) is 2. The van der Waals surface area contributed by atoms with E-state index < -0.39 is 23.4 Å². The molecule has 0 radical (unpaired) electrons. The fourth-order valence-electron chi connectivity index (χ4n) is 4.68. The third-order valence-electron chi connectivity index (χ3n) is 6.20. The van der Waals surface area contributed by atoms with Crippen molar-refractivity contribution in [2.75, 3.05) is 6.61 Å². The summed E-state index contributed by atoms with van der Waals surface area (Å²) < 4.78 is 32.9. The number of benzene rings is 1. The van der Waals surface area contributed by atoms with Gasteiger partial charge in [-0.1, -0.05) is 11.6 Å². The van der Waals surface area contributed by atoms with E-state index in [4.69, 9.17) is 16.3 Å². The van der Waals surface area contributed by atoms with Gasteiger partial charge >= 0.3 is 0 Å². The fourth-order valence-corrected chi connectivity index (χ4v) is 4.80. The van der Waals surface area contributed by atoms with Crippen LogP contribution < -0.4 is 15.4 Å². The van der Waals surface area contributed by atoms with Crippen molar-refractivity contribution in [2.45, 2.75) is 62.8 Å². The molecular formula is C21H24ClF2N3O3. The zero-order valence-corrected chi connectivity index (χ0v) is 17.3. The number of aliphatic imine (C=N–C) groups is 1. The Balaban J connectivity index is 1.27. The summed E-state index contributed by atoms with van der Waals surface area (Å²) in [6, 6.07) is 3.84. The van der Waals surface area contributed by atoms with Crippen molar-refractivity contribution in [3.63, 3.8) is 0 Å². The van der Waals surface area contributed by atoms with Crippen LogP contribution in [0.4, 0.5) is 8.78 Å². The molecule has 4 aliphatic rings. The number of amides is 2. The number of nitrogens with zero attached hydrogens (tertiary/aromatic N) is 1. The third-order valence-corrected chi connectivity index (χ3v) is 6.50. The molecule has 2 amide bonds. The van der Waals surface area contributed by atoms with Gasteiger partial charge in [0.2, 0.25) is 0 Å². The molecule has 30 heavy (non-hydrogen) atoms. The lowest BCUT2D eigenvalue weighted by Gasteiger charge is -2.39. The zero-order chi connectivity index (χ0) is 21.5. The average molecular weight is 440 g/mol. The molecule has 1 aliphatic heterocycles. The van der Waals surface area contributed by atoms with Crippen molar-refractivity contribution in [1.29, 1.82) is 0 Å². The van der Waals surface area contributed by atoms with Crippen molar-refractivity contribution in [2.24, 2.45) is 10.9 Å². The molecule has 3 fully saturated rings. The summed E-state index contributed by atoms with van der Waals surface area (Å²) in [6.45, 7) is 1.63. The van der Waals surface area contributed by atoms with Crippen LogP contribution in [-0.4, -0.2) is 47.9 Å². The van der Waals surface area contributed by atoms with E-state index in [0.29, 0.717) is 19.3 Å². The minimum absolute atomic E-state index is 0.0114. The average Bonchev–Trinajstić information content (AvgIpc) is 3.18. The molecule has 3 unspecified atom stereocenters. The molecule has 2 bridgehead atoms. The highest BCUT2D eigenvalue weighted by Gasteiger charge is 2.57. The van der Waals surface area contributed by atoms with Gasteiger partial charge in [0.25, 0.3) is 11.8 Å². The van der Waals surface area contributed by atoms with E-state index >= 15 is 0 Å². The lowest BCUT2D eigenvalue weighted by atomic mass is 9.76. The predicted octanol–water partition coefficient (Wildman–Crippen LogP) is 2.97. The monoisotopic (exact) mass is 439 g/mol. The van der Waals surface area contributed by atoms with Crippen LogP contribution in [0.5, 0.6) is 5.75 Å². The summed E-state index contributed by atoms with van der Waals surface area (Å²) in [7, 11) is 0. The molecule has 1 aromatic carbocycles. The van der Waals surface area contributed by atoms with Gasteiger partial charge in [-0.2, -0.15) is 0 Å². The molecule has 2 N–H and O–H groups in total. The summed E-state index contributed by atoms with van der Waals surface area (Å²) in [5.74, 6) is -0.895. The zero-order valence-electron chi connectivity index (χ0n) is 16.6. The summed E-state index contributed by atoms with van der Waals surface area (Å²) in [5, 5.41) is 5.87. The van der Waals surface area contributed by atoms with Gasteiger partial charge in [-0.3, -0.25) is 14.6 Å². The SMILES string of the molecule is CC1CCC(F)C(C(=O)NC23CC(C2)C(NC(=O)COc2ccc(Cl)c(F)c2)C3)=N1. The number of carbonyl (C=O) groups excluding carboxylic acids is 2. The summed E-state index contributed by atoms with van der Waals surface area (Å²) >= 11 is 5.62. The fraction of sp³-hybridized carbons (Fsp3) is 0.571. The minimum atomic E-state index is -1.32. The highest BCUT2D eigenvalue weighted by atomic mass is 35.5. The number of hydrogen-bond acceptors (Lipinski definition) is 4. The largest absolute Gasteiger partial charge is 0.484 e. The highest BCUT2D eigenvalue weighted by molar-refractivity contribution is 6.41. The number of carbonyl (C=O) groups is 2. The molecule has 3 saturated carbocycles. The Morgan fingerprint density at radius 2 is 2.07 bits per heavy atom.